The minimum Gasteiger partial charge on any atom is -0.496 e. The Hall–Kier alpha value is -2.29. The van der Waals surface area contributed by atoms with E-state index >= 15 is 0 Å². The highest BCUT2D eigenvalue weighted by molar-refractivity contribution is 6.00. The van der Waals surface area contributed by atoms with E-state index in [1.54, 1.807) is 7.11 Å². The Morgan fingerprint density at radius 1 is 1.05 bits per heavy atom. The van der Waals surface area contributed by atoms with Gasteiger partial charge in [-0.1, -0.05) is 36.4 Å². The highest BCUT2D eigenvalue weighted by Crippen LogP contribution is 2.30. The van der Waals surface area contributed by atoms with Crippen molar-refractivity contribution in [3.05, 3.63) is 54.1 Å². The van der Waals surface area contributed by atoms with Crippen LogP contribution in [0, 0.1) is 0 Å². The third-order valence-electron chi connectivity index (χ3n) is 3.23. The standard InChI is InChI=1S/C16H16N2O/c1-19-15-8-3-2-7-14(15)12-5-4-6-13(11-12)16-17-9-10-18-16/h2-8,11H,9-10H2,1H3,(H,17,18). The topological polar surface area (TPSA) is 33.6 Å². The average molecular weight is 252 g/mol. The quantitative estimate of drug-likeness (QED) is 0.911. The molecule has 2 aromatic carbocycles. The lowest BCUT2D eigenvalue weighted by atomic mass is 10.0. The van der Waals surface area contributed by atoms with Crippen molar-refractivity contribution in [3.63, 3.8) is 0 Å². The van der Waals surface area contributed by atoms with Crippen molar-refractivity contribution < 1.29 is 4.74 Å². The summed E-state index contributed by atoms with van der Waals surface area (Å²) in [6.45, 7) is 1.78. The number of methoxy groups -OCH3 is 1. The van der Waals surface area contributed by atoms with Crippen molar-refractivity contribution in [2.45, 2.75) is 0 Å². The maximum Gasteiger partial charge on any atom is 0.128 e. The van der Waals surface area contributed by atoms with Gasteiger partial charge in [0.25, 0.3) is 0 Å². The van der Waals surface area contributed by atoms with E-state index in [1.165, 1.54) is 0 Å². The van der Waals surface area contributed by atoms with Crippen LogP contribution in [0.15, 0.2) is 53.5 Å². The van der Waals surface area contributed by atoms with Gasteiger partial charge in [-0.3, -0.25) is 4.99 Å². The van der Waals surface area contributed by atoms with Gasteiger partial charge in [0.05, 0.1) is 13.7 Å². The van der Waals surface area contributed by atoms with Crippen LogP contribution < -0.4 is 10.1 Å². The van der Waals surface area contributed by atoms with Gasteiger partial charge in [0.1, 0.15) is 11.6 Å². The van der Waals surface area contributed by atoms with Crippen molar-refractivity contribution in [3.8, 4) is 16.9 Å². The molecule has 0 aliphatic carbocycles. The molecular formula is C16H16N2O. The lowest BCUT2D eigenvalue weighted by Crippen LogP contribution is -2.19. The summed E-state index contributed by atoms with van der Waals surface area (Å²) in [6, 6.07) is 16.4. The Kier molecular flexibility index (Phi) is 3.19. The first-order chi connectivity index (χ1) is 9.38. The lowest BCUT2D eigenvalue weighted by Gasteiger charge is -2.10. The van der Waals surface area contributed by atoms with Crippen LogP contribution in [0.5, 0.6) is 5.75 Å². The molecule has 1 heterocycles. The zero-order valence-electron chi connectivity index (χ0n) is 10.9. The zero-order chi connectivity index (χ0) is 13.1. The van der Waals surface area contributed by atoms with Gasteiger partial charge in [0.2, 0.25) is 0 Å². The molecule has 0 saturated carbocycles. The zero-order valence-corrected chi connectivity index (χ0v) is 10.9. The predicted octanol–water partition coefficient (Wildman–Crippen LogP) is 2.71. The second-order valence-electron chi connectivity index (χ2n) is 4.44. The number of benzene rings is 2. The van der Waals surface area contributed by atoms with Gasteiger partial charge in [-0.15, -0.1) is 0 Å². The molecule has 0 amide bonds. The van der Waals surface area contributed by atoms with Gasteiger partial charge in [-0.2, -0.15) is 0 Å². The van der Waals surface area contributed by atoms with E-state index in [0.29, 0.717) is 0 Å². The Labute approximate surface area is 113 Å². The molecule has 1 N–H and O–H groups in total. The smallest absolute Gasteiger partial charge is 0.128 e. The van der Waals surface area contributed by atoms with E-state index in [9.17, 15) is 0 Å². The molecule has 3 nitrogen and oxygen atoms in total. The number of amidine groups is 1. The predicted molar refractivity (Wildman–Crippen MR) is 77.8 cm³/mol. The fourth-order valence-electron chi connectivity index (χ4n) is 2.31. The fourth-order valence-corrected chi connectivity index (χ4v) is 2.31. The number of ether oxygens (including phenoxy) is 1. The molecule has 2 aromatic rings. The SMILES string of the molecule is COc1ccccc1-c1cccc(C2=NCCN2)c1. The molecular weight excluding hydrogens is 236 g/mol. The number of rotatable bonds is 3. The maximum absolute atomic E-state index is 5.42. The Morgan fingerprint density at radius 2 is 1.89 bits per heavy atom. The van der Waals surface area contributed by atoms with Crippen LogP contribution in [0.2, 0.25) is 0 Å². The van der Waals surface area contributed by atoms with Crippen LogP contribution in [-0.4, -0.2) is 26.0 Å². The van der Waals surface area contributed by atoms with Crippen LogP contribution in [-0.2, 0) is 0 Å². The molecule has 3 heteroatoms. The summed E-state index contributed by atoms with van der Waals surface area (Å²) >= 11 is 0. The highest BCUT2D eigenvalue weighted by Gasteiger charge is 2.10. The first-order valence-electron chi connectivity index (χ1n) is 6.40. The summed E-state index contributed by atoms with van der Waals surface area (Å²) in [4.78, 5) is 4.46. The Bertz CT molecular complexity index is 620. The van der Waals surface area contributed by atoms with Crippen molar-refractivity contribution >= 4 is 5.84 Å². The second kappa shape index (κ2) is 5.14. The Balaban J connectivity index is 2.03. The molecule has 1 aliphatic heterocycles. The number of nitrogens with zero attached hydrogens (tertiary/aromatic N) is 1. The van der Waals surface area contributed by atoms with E-state index < -0.39 is 0 Å². The molecule has 19 heavy (non-hydrogen) atoms. The third kappa shape index (κ3) is 2.32. The largest absolute Gasteiger partial charge is 0.496 e. The normalized spacial score (nSPS) is 13.8. The summed E-state index contributed by atoms with van der Waals surface area (Å²) in [6.07, 6.45) is 0. The van der Waals surface area contributed by atoms with Gasteiger partial charge in [0.15, 0.2) is 0 Å². The molecule has 0 spiro atoms. The summed E-state index contributed by atoms with van der Waals surface area (Å²) in [5.41, 5.74) is 3.37. The first-order valence-corrected chi connectivity index (χ1v) is 6.40. The molecule has 0 fully saturated rings. The van der Waals surface area contributed by atoms with E-state index in [0.717, 1.165) is 41.4 Å². The molecule has 0 atom stereocenters. The number of nitrogens with one attached hydrogen (secondary N) is 1. The van der Waals surface area contributed by atoms with Gasteiger partial charge >= 0.3 is 0 Å². The lowest BCUT2D eigenvalue weighted by molar-refractivity contribution is 0.416. The second-order valence-corrected chi connectivity index (χ2v) is 4.44. The van der Waals surface area contributed by atoms with E-state index in [1.807, 2.05) is 18.2 Å². The van der Waals surface area contributed by atoms with Gasteiger partial charge in [-0.05, 0) is 17.7 Å². The number of aliphatic imine (C=N–C) groups is 1. The number of hydrogen-bond acceptors (Lipinski definition) is 3. The van der Waals surface area contributed by atoms with Crippen LogP contribution in [0.25, 0.3) is 11.1 Å². The minimum atomic E-state index is 0.855. The average Bonchev–Trinajstić information content (AvgIpc) is 3.01. The molecule has 0 aromatic heterocycles. The summed E-state index contributed by atoms with van der Waals surface area (Å²) < 4.78 is 5.42. The molecule has 0 saturated heterocycles. The molecule has 0 bridgehead atoms. The van der Waals surface area contributed by atoms with Crippen molar-refractivity contribution in [1.29, 1.82) is 0 Å². The molecule has 0 unspecified atom stereocenters. The van der Waals surface area contributed by atoms with Crippen molar-refractivity contribution in [2.24, 2.45) is 4.99 Å². The summed E-state index contributed by atoms with van der Waals surface area (Å²) in [5, 5.41) is 3.30. The van der Waals surface area contributed by atoms with Gasteiger partial charge < -0.3 is 10.1 Å². The van der Waals surface area contributed by atoms with Crippen LogP contribution >= 0.6 is 0 Å². The highest BCUT2D eigenvalue weighted by atomic mass is 16.5. The van der Waals surface area contributed by atoms with Crippen LogP contribution in [0.1, 0.15) is 5.56 Å². The maximum atomic E-state index is 5.42. The third-order valence-corrected chi connectivity index (χ3v) is 3.23. The van der Waals surface area contributed by atoms with Crippen molar-refractivity contribution in [1.82, 2.24) is 5.32 Å². The van der Waals surface area contributed by atoms with Gasteiger partial charge in [0, 0.05) is 17.7 Å². The number of hydrogen-bond donors (Lipinski definition) is 1. The summed E-state index contributed by atoms with van der Waals surface area (Å²) in [5.74, 6) is 1.87. The Morgan fingerprint density at radius 3 is 2.68 bits per heavy atom. The van der Waals surface area contributed by atoms with Crippen LogP contribution in [0.3, 0.4) is 0 Å². The van der Waals surface area contributed by atoms with Crippen molar-refractivity contribution in [2.75, 3.05) is 20.2 Å². The fraction of sp³-hybridized carbons (Fsp3) is 0.188. The molecule has 96 valence electrons. The van der Waals surface area contributed by atoms with E-state index in [2.05, 4.69) is 40.6 Å². The summed E-state index contributed by atoms with van der Waals surface area (Å²) in [7, 11) is 1.70. The molecule has 3 rings (SSSR count). The molecule has 1 aliphatic rings. The van der Waals surface area contributed by atoms with Gasteiger partial charge in [-0.25, -0.2) is 0 Å². The first kappa shape index (κ1) is 11.8. The monoisotopic (exact) mass is 252 g/mol. The number of para-hydroxylation sites is 1. The molecule has 0 radical (unpaired) electrons. The minimum absolute atomic E-state index is 0.855. The van der Waals surface area contributed by atoms with E-state index in [-0.39, 0.29) is 0 Å². The van der Waals surface area contributed by atoms with E-state index in [4.69, 9.17) is 4.74 Å². The van der Waals surface area contributed by atoms with Crippen LogP contribution in [0.4, 0.5) is 0 Å².